The van der Waals surface area contributed by atoms with E-state index in [9.17, 15) is 14.3 Å². The number of anilines is 2. The Hall–Kier alpha value is -1.62. The zero-order chi connectivity index (χ0) is 15.2. The Morgan fingerprint density at radius 1 is 1.35 bits per heavy atom. The lowest BCUT2D eigenvalue weighted by molar-refractivity contribution is -0.114. The molecule has 1 rings (SSSR count). The second-order valence-electron chi connectivity index (χ2n) is 5.09. The average molecular weight is 282 g/mol. The largest absolute Gasteiger partial charge is 0.396 e. The molecule has 0 aromatic heterocycles. The van der Waals surface area contributed by atoms with Gasteiger partial charge in [0.15, 0.2) is 0 Å². The number of amides is 1. The molecule has 0 bridgehead atoms. The standard InChI is InChI=1S/C15H23FN2O2/c1-4-15(5-2,10-19)9-17-14-8-12(18-11(3)20)6-7-13(14)16/h6-8,17,19H,4-5,9-10H2,1-3H3,(H,18,20). The van der Waals surface area contributed by atoms with E-state index in [-0.39, 0.29) is 23.7 Å². The quantitative estimate of drug-likeness (QED) is 0.720. The SMILES string of the molecule is CCC(CC)(CO)CNc1cc(NC(C)=O)ccc1F. The van der Waals surface area contributed by atoms with Gasteiger partial charge in [-0.05, 0) is 31.0 Å². The maximum atomic E-state index is 13.8. The highest BCUT2D eigenvalue weighted by Crippen LogP contribution is 2.27. The Labute approximate surface area is 119 Å². The van der Waals surface area contributed by atoms with Crippen LogP contribution in [0.25, 0.3) is 0 Å². The van der Waals surface area contributed by atoms with Gasteiger partial charge in [0.2, 0.25) is 5.91 Å². The Balaban J connectivity index is 2.83. The van der Waals surface area contributed by atoms with Crippen molar-refractivity contribution in [3.05, 3.63) is 24.0 Å². The Bertz CT molecular complexity index is 451. The first-order valence-electron chi connectivity index (χ1n) is 6.88. The first-order chi connectivity index (χ1) is 9.46. The molecule has 20 heavy (non-hydrogen) atoms. The van der Waals surface area contributed by atoms with E-state index in [1.807, 2.05) is 13.8 Å². The third-order valence-corrected chi connectivity index (χ3v) is 3.78. The number of halogens is 1. The normalized spacial score (nSPS) is 11.2. The molecule has 1 aromatic carbocycles. The van der Waals surface area contributed by atoms with E-state index in [1.54, 1.807) is 6.07 Å². The summed E-state index contributed by atoms with van der Waals surface area (Å²) in [6.45, 7) is 5.95. The summed E-state index contributed by atoms with van der Waals surface area (Å²) in [5, 5.41) is 15.2. The highest BCUT2D eigenvalue weighted by molar-refractivity contribution is 5.89. The van der Waals surface area contributed by atoms with Crippen LogP contribution in [-0.2, 0) is 4.79 Å². The highest BCUT2D eigenvalue weighted by Gasteiger charge is 2.25. The van der Waals surface area contributed by atoms with Crippen LogP contribution in [0.2, 0.25) is 0 Å². The fourth-order valence-electron chi connectivity index (χ4n) is 2.00. The molecule has 112 valence electrons. The topological polar surface area (TPSA) is 61.4 Å². The van der Waals surface area contributed by atoms with Gasteiger partial charge in [-0.15, -0.1) is 0 Å². The molecule has 1 amide bonds. The monoisotopic (exact) mass is 282 g/mol. The van der Waals surface area contributed by atoms with Crippen LogP contribution in [0.4, 0.5) is 15.8 Å². The predicted octanol–water partition coefficient (Wildman–Crippen LogP) is 2.99. The van der Waals surface area contributed by atoms with Gasteiger partial charge in [0.1, 0.15) is 5.82 Å². The number of aliphatic hydroxyl groups excluding tert-OH is 1. The van der Waals surface area contributed by atoms with Crippen molar-refractivity contribution in [3.8, 4) is 0 Å². The van der Waals surface area contributed by atoms with Gasteiger partial charge >= 0.3 is 0 Å². The minimum absolute atomic E-state index is 0.0556. The van der Waals surface area contributed by atoms with Crippen molar-refractivity contribution in [1.82, 2.24) is 0 Å². The molecule has 0 atom stereocenters. The lowest BCUT2D eigenvalue weighted by atomic mass is 9.83. The number of nitrogens with one attached hydrogen (secondary N) is 2. The summed E-state index contributed by atoms with van der Waals surface area (Å²) in [5.74, 6) is -0.576. The number of carbonyl (C=O) groups excluding carboxylic acids is 1. The van der Waals surface area contributed by atoms with E-state index < -0.39 is 0 Å². The van der Waals surface area contributed by atoms with Crippen molar-refractivity contribution in [2.45, 2.75) is 33.6 Å². The van der Waals surface area contributed by atoms with Crippen molar-refractivity contribution in [2.24, 2.45) is 5.41 Å². The van der Waals surface area contributed by atoms with Crippen molar-refractivity contribution >= 4 is 17.3 Å². The highest BCUT2D eigenvalue weighted by atomic mass is 19.1. The first kappa shape index (κ1) is 16.4. The third-order valence-electron chi connectivity index (χ3n) is 3.78. The van der Waals surface area contributed by atoms with E-state index in [2.05, 4.69) is 10.6 Å². The maximum Gasteiger partial charge on any atom is 0.221 e. The minimum atomic E-state index is -0.377. The van der Waals surface area contributed by atoms with Gasteiger partial charge in [0.25, 0.3) is 0 Å². The van der Waals surface area contributed by atoms with Crippen LogP contribution < -0.4 is 10.6 Å². The number of hydrogen-bond donors (Lipinski definition) is 3. The first-order valence-corrected chi connectivity index (χ1v) is 6.88. The van der Waals surface area contributed by atoms with Gasteiger partial charge in [0, 0.05) is 24.6 Å². The maximum absolute atomic E-state index is 13.8. The zero-order valence-corrected chi connectivity index (χ0v) is 12.3. The van der Waals surface area contributed by atoms with Crippen LogP contribution >= 0.6 is 0 Å². The number of aliphatic hydroxyl groups is 1. The molecule has 0 saturated heterocycles. The van der Waals surface area contributed by atoms with Gasteiger partial charge in [-0.2, -0.15) is 0 Å². The molecule has 0 spiro atoms. The van der Waals surface area contributed by atoms with E-state index >= 15 is 0 Å². The Morgan fingerprint density at radius 3 is 2.50 bits per heavy atom. The molecule has 1 aromatic rings. The van der Waals surface area contributed by atoms with Crippen LogP contribution in [0.5, 0.6) is 0 Å². The minimum Gasteiger partial charge on any atom is -0.396 e. The van der Waals surface area contributed by atoms with Crippen molar-refractivity contribution in [1.29, 1.82) is 0 Å². The Kier molecular flexibility index (Phi) is 5.95. The second-order valence-corrected chi connectivity index (χ2v) is 5.09. The molecule has 0 radical (unpaired) electrons. The lowest BCUT2D eigenvalue weighted by Crippen LogP contribution is -2.32. The van der Waals surface area contributed by atoms with Crippen molar-refractivity contribution in [2.75, 3.05) is 23.8 Å². The summed E-state index contributed by atoms with van der Waals surface area (Å²) in [4.78, 5) is 11.0. The molecular formula is C15H23FN2O2. The summed E-state index contributed by atoms with van der Waals surface area (Å²) >= 11 is 0. The van der Waals surface area contributed by atoms with Gasteiger partial charge in [-0.1, -0.05) is 13.8 Å². The lowest BCUT2D eigenvalue weighted by Gasteiger charge is -2.30. The molecule has 0 aliphatic rings. The van der Waals surface area contributed by atoms with Crippen LogP contribution in [0, 0.1) is 11.2 Å². The summed E-state index contributed by atoms with van der Waals surface area (Å²) < 4.78 is 13.8. The van der Waals surface area contributed by atoms with Crippen LogP contribution in [0.3, 0.4) is 0 Å². The molecule has 0 unspecified atom stereocenters. The molecule has 5 heteroatoms. The molecule has 0 heterocycles. The molecular weight excluding hydrogens is 259 g/mol. The number of hydrogen-bond acceptors (Lipinski definition) is 3. The number of benzene rings is 1. The molecule has 0 aliphatic heterocycles. The zero-order valence-electron chi connectivity index (χ0n) is 12.3. The predicted molar refractivity (Wildman–Crippen MR) is 79.3 cm³/mol. The number of rotatable bonds is 7. The van der Waals surface area contributed by atoms with E-state index in [0.717, 1.165) is 12.8 Å². The van der Waals surface area contributed by atoms with E-state index in [4.69, 9.17) is 0 Å². The molecule has 3 N–H and O–H groups in total. The molecule has 0 fully saturated rings. The summed E-state index contributed by atoms with van der Waals surface area (Å²) in [5.41, 5.74) is 0.621. The van der Waals surface area contributed by atoms with Crippen molar-refractivity contribution < 1.29 is 14.3 Å². The fourth-order valence-corrected chi connectivity index (χ4v) is 2.00. The second kappa shape index (κ2) is 7.24. The molecule has 0 aliphatic carbocycles. The van der Waals surface area contributed by atoms with Gasteiger partial charge in [-0.25, -0.2) is 4.39 Å². The van der Waals surface area contributed by atoms with Gasteiger partial charge < -0.3 is 15.7 Å². The van der Waals surface area contributed by atoms with Gasteiger partial charge in [0.05, 0.1) is 12.3 Å². The van der Waals surface area contributed by atoms with Crippen LogP contribution in [0.1, 0.15) is 33.6 Å². The van der Waals surface area contributed by atoms with Crippen LogP contribution in [0.15, 0.2) is 18.2 Å². The van der Waals surface area contributed by atoms with E-state index in [1.165, 1.54) is 19.1 Å². The van der Waals surface area contributed by atoms with Gasteiger partial charge in [-0.3, -0.25) is 4.79 Å². The number of carbonyl (C=O) groups is 1. The summed E-state index contributed by atoms with van der Waals surface area (Å²) in [6, 6.07) is 4.39. The van der Waals surface area contributed by atoms with E-state index in [0.29, 0.717) is 17.9 Å². The summed E-state index contributed by atoms with van der Waals surface area (Å²) in [6.07, 6.45) is 1.61. The summed E-state index contributed by atoms with van der Waals surface area (Å²) in [7, 11) is 0. The van der Waals surface area contributed by atoms with Crippen LogP contribution in [-0.4, -0.2) is 24.2 Å². The average Bonchev–Trinajstić information content (AvgIpc) is 2.43. The smallest absolute Gasteiger partial charge is 0.221 e. The Morgan fingerprint density at radius 2 is 2.00 bits per heavy atom. The fraction of sp³-hybridized carbons (Fsp3) is 0.533. The third kappa shape index (κ3) is 4.20. The molecule has 4 nitrogen and oxygen atoms in total. The molecule has 0 saturated carbocycles. The van der Waals surface area contributed by atoms with Crippen molar-refractivity contribution in [3.63, 3.8) is 0 Å².